The van der Waals surface area contributed by atoms with Crippen LogP contribution in [0.4, 0.5) is 11.5 Å². The fourth-order valence-electron chi connectivity index (χ4n) is 2.68. The van der Waals surface area contributed by atoms with Crippen molar-refractivity contribution in [3.63, 3.8) is 0 Å². The highest BCUT2D eigenvalue weighted by molar-refractivity contribution is 9.10. The van der Waals surface area contributed by atoms with Crippen LogP contribution in [0.15, 0.2) is 34.8 Å². The van der Waals surface area contributed by atoms with E-state index in [9.17, 15) is 4.79 Å². The molecule has 6 nitrogen and oxygen atoms in total. The van der Waals surface area contributed by atoms with Crippen LogP contribution in [-0.2, 0) is 11.2 Å². The number of rotatable bonds is 3. The van der Waals surface area contributed by atoms with Crippen LogP contribution in [0.3, 0.4) is 0 Å². The van der Waals surface area contributed by atoms with E-state index in [1.165, 1.54) is 0 Å². The second-order valence-corrected chi connectivity index (χ2v) is 6.59. The Labute approximate surface area is 148 Å². The van der Waals surface area contributed by atoms with Crippen molar-refractivity contribution in [1.82, 2.24) is 9.88 Å². The summed E-state index contributed by atoms with van der Waals surface area (Å²) in [6.45, 7) is 2.21. The van der Waals surface area contributed by atoms with Gasteiger partial charge in [0, 0.05) is 17.6 Å². The number of anilines is 2. The Morgan fingerprint density at radius 1 is 1.25 bits per heavy atom. The third kappa shape index (κ3) is 3.68. The number of halogens is 1. The first-order chi connectivity index (χ1) is 11.5. The molecule has 24 heavy (non-hydrogen) atoms. The lowest BCUT2D eigenvalue weighted by molar-refractivity contribution is 0.0299. The number of hydrogen-bond donors (Lipinski definition) is 2. The van der Waals surface area contributed by atoms with Crippen molar-refractivity contribution in [3.05, 3.63) is 51.6 Å². The summed E-state index contributed by atoms with van der Waals surface area (Å²) in [5, 5.41) is 0. The molecule has 2 heterocycles. The number of nitrogens with two attached hydrogens (primary N) is 2. The molecule has 0 saturated carbocycles. The molecular formula is C17H19BrN4O2. The molecule has 1 aliphatic rings. The molecule has 0 radical (unpaired) electrons. The Morgan fingerprint density at radius 2 is 2.00 bits per heavy atom. The Bertz CT molecular complexity index is 760. The first kappa shape index (κ1) is 16.7. The van der Waals surface area contributed by atoms with Crippen molar-refractivity contribution in [2.45, 2.75) is 6.42 Å². The Balaban J connectivity index is 1.89. The zero-order valence-corrected chi connectivity index (χ0v) is 14.8. The molecule has 7 heteroatoms. The summed E-state index contributed by atoms with van der Waals surface area (Å²) in [5.41, 5.74) is 14.6. The number of nitrogen functional groups attached to an aromatic ring is 2. The molecule has 3 rings (SSSR count). The van der Waals surface area contributed by atoms with Gasteiger partial charge in [-0.25, -0.2) is 4.98 Å². The highest BCUT2D eigenvalue weighted by Gasteiger charge is 2.21. The summed E-state index contributed by atoms with van der Waals surface area (Å²) in [5.74, 6) is 0.0552. The second kappa shape index (κ2) is 7.19. The number of nitrogens with zero attached hydrogens (tertiary/aromatic N) is 2. The van der Waals surface area contributed by atoms with Gasteiger partial charge in [0.15, 0.2) is 0 Å². The molecule has 1 amide bonds. The van der Waals surface area contributed by atoms with Crippen molar-refractivity contribution < 1.29 is 9.53 Å². The van der Waals surface area contributed by atoms with Gasteiger partial charge in [-0.1, -0.05) is 28.1 Å². The van der Waals surface area contributed by atoms with E-state index in [1.807, 2.05) is 24.3 Å². The number of morpholine rings is 1. The Kier molecular flexibility index (Phi) is 5.01. The van der Waals surface area contributed by atoms with Gasteiger partial charge in [-0.2, -0.15) is 0 Å². The van der Waals surface area contributed by atoms with Gasteiger partial charge in [-0.15, -0.1) is 0 Å². The minimum Gasteiger partial charge on any atom is -0.396 e. The summed E-state index contributed by atoms with van der Waals surface area (Å²) >= 11 is 3.46. The van der Waals surface area contributed by atoms with E-state index in [2.05, 4.69) is 20.9 Å². The van der Waals surface area contributed by atoms with Gasteiger partial charge in [0.1, 0.15) is 11.5 Å². The van der Waals surface area contributed by atoms with Crippen molar-refractivity contribution in [1.29, 1.82) is 0 Å². The molecule has 1 aliphatic heterocycles. The second-order valence-electron chi connectivity index (χ2n) is 5.68. The lowest BCUT2D eigenvalue weighted by Gasteiger charge is -2.26. The normalized spacial score (nSPS) is 14.6. The Hall–Kier alpha value is -2.12. The van der Waals surface area contributed by atoms with E-state index in [4.69, 9.17) is 16.2 Å². The molecule has 0 bridgehead atoms. The standard InChI is InChI=1S/C17H19BrN4O2/c18-13-3-1-2-11(9-13)8-12-10-14(21-16(20)15(12)19)17(23)22-4-6-24-7-5-22/h1-3,9-10H,4-8,19H2,(H2,20,21). The number of amides is 1. The lowest BCUT2D eigenvalue weighted by atomic mass is 10.0. The average molecular weight is 391 g/mol. The zero-order valence-electron chi connectivity index (χ0n) is 13.2. The van der Waals surface area contributed by atoms with Crippen LogP contribution >= 0.6 is 15.9 Å². The van der Waals surface area contributed by atoms with E-state index in [-0.39, 0.29) is 11.7 Å². The van der Waals surface area contributed by atoms with Crippen molar-refractivity contribution in [2.75, 3.05) is 37.8 Å². The van der Waals surface area contributed by atoms with E-state index >= 15 is 0 Å². The third-order valence-corrected chi connectivity index (χ3v) is 4.47. The van der Waals surface area contributed by atoms with Crippen LogP contribution in [0.5, 0.6) is 0 Å². The number of pyridine rings is 1. The van der Waals surface area contributed by atoms with Crippen LogP contribution in [0.1, 0.15) is 21.6 Å². The quantitative estimate of drug-likeness (QED) is 0.836. The lowest BCUT2D eigenvalue weighted by Crippen LogP contribution is -2.41. The number of aromatic nitrogens is 1. The van der Waals surface area contributed by atoms with E-state index in [0.717, 1.165) is 15.6 Å². The highest BCUT2D eigenvalue weighted by Crippen LogP contribution is 2.24. The predicted molar refractivity (Wildman–Crippen MR) is 96.7 cm³/mol. The van der Waals surface area contributed by atoms with Crippen LogP contribution in [0, 0.1) is 0 Å². The average Bonchev–Trinajstić information content (AvgIpc) is 2.59. The topological polar surface area (TPSA) is 94.5 Å². The fraction of sp³-hybridized carbons (Fsp3) is 0.294. The number of hydrogen-bond acceptors (Lipinski definition) is 5. The van der Waals surface area contributed by atoms with E-state index in [0.29, 0.717) is 44.1 Å². The van der Waals surface area contributed by atoms with Crippen molar-refractivity contribution in [2.24, 2.45) is 0 Å². The molecule has 1 aromatic heterocycles. The molecule has 1 fully saturated rings. The van der Waals surface area contributed by atoms with E-state index in [1.54, 1.807) is 11.0 Å². The van der Waals surface area contributed by atoms with Crippen LogP contribution in [-0.4, -0.2) is 42.1 Å². The molecule has 0 aliphatic carbocycles. The predicted octanol–water partition coefficient (Wildman–Crippen LogP) is 2.07. The fourth-order valence-corrected chi connectivity index (χ4v) is 3.13. The van der Waals surface area contributed by atoms with Gasteiger partial charge in [0.2, 0.25) is 0 Å². The first-order valence-corrected chi connectivity index (χ1v) is 8.50. The number of carbonyl (C=O) groups is 1. The van der Waals surface area contributed by atoms with Crippen LogP contribution in [0.2, 0.25) is 0 Å². The highest BCUT2D eigenvalue weighted by atomic mass is 79.9. The summed E-state index contributed by atoms with van der Waals surface area (Å²) in [7, 11) is 0. The maximum atomic E-state index is 12.6. The smallest absolute Gasteiger partial charge is 0.272 e. The van der Waals surface area contributed by atoms with Gasteiger partial charge in [-0.05, 0) is 35.7 Å². The number of carbonyl (C=O) groups excluding carboxylic acids is 1. The molecule has 0 spiro atoms. The van der Waals surface area contributed by atoms with Crippen molar-refractivity contribution >= 4 is 33.3 Å². The van der Waals surface area contributed by atoms with Crippen molar-refractivity contribution in [3.8, 4) is 0 Å². The summed E-state index contributed by atoms with van der Waals surface area (Å²) in [6.07, 6.45) is 0.585. The molecule has 1 saturated heterocycles. The maximum absolute atomic E-state index is 12.6. The summed E-state index contributed by atoms with van der Waals surface area (Å²) < 4.78 is 6.27. The molecule has 4 N–H and O–H groups in total. The van der Waals surface area contributed by atoms with Crippen LogP contribution in [0.25, 0.3) is 0 Å². The van der Waals surface area contributed by atoms with Crippen LogP contribution < -0.4 is 11.5 Å². The van der Waals surface area contributed by atoms with Gasteiger partial charge in [-0.3, -0.25) is 4.79 Å². The monoisotopic (exact) mass is 390 g/mol. The van der Waals surface area contributed by atoms with Gasteiger partial charge >= 0.3 is 0 Å². The molecule has 0 atom stereocenters. The molecular weight excluding hydrogens is 372 g/mol. The summed E-state index contributed by atoms with van der Waals surface area (Å²) in [6, 6.07) is 9.68. The summed E-state index contributed by atoms with van der Waals surface area (Å²) in [4.78, 5) is 18.5. The van der Waals surface area contributed by atoms with E-state index < -0.39 is 0 Å². The third-order valence-electron chi connectivity index (χ3n) is 3.97. The number of ether oxygens (including phenoxy) is 1. The zero-order chi connectivity index (χ0) is 17.1. The van der Waals surface area contributed by atoms with Gasteiger partial charge in [0.25, 0.3) is 5.91 Å². The Morgan fingerprint density at radius 3 is 2.71 bits per heavy atom. The number of benzene rings is 1. The molecule has 2 aromatic rings. The van der Waals surface area contributed by atoms with Gasteiger partial charge < -0.3 is 21.1 Å². The minimum absolute atomic E-state index is 0.138. The SMILES string of the molecule is Nc1nc(C(=O)N2CCOCC2)cc(Cc2cccc(Br)c2)c1N. The minimum atomic E-state index is -0.138. The maximum Gasteiger partial charge on any atom is 0.272 e. The largest absolute Gasteiger partial charge is 0.396 e. The van der Waals surface area contributed by atoms with Gasteiger partial charge in [0.05, 0.1) is 18.9 Å². The first-order valence-electron chi connectivity index (χ1n) is 7.71. The molecule has 0 unspecified atom stereocenters. The molecule has 126 valence electrons. The molecule has 1 aromatic carbocycles.